The molecule has 78 valence electrons. The highest BCUT2D eigenvalue weighted by atomic mass is 19.1. The van der Waals surface area contributed by atoms with Gasteiger partial charge in [0.15, 0.2) is 0 Å². The minimum atomic E-state index is -0.128. The summed E-state index contributed by atoms with van der Waals surface area (Å²) in [5, 5.41) is 0.989. The van der Waals surface area contributed by atoms with Crippen molar-refractivity contribution in [2.75, 3.05) is 6.54 Å². The van der Waals surface area contributed by atoms with Crippen molar-refractivity contribution < 1.29 is 4.39 Å². The smallest absolute Gasteiger partial charge is 0.147 e. The molecule has 3 rings (SSSR count). The van der Waals surface area contributed by atoms with Crippen molar-refractivity contribution in [2.45, 2.75) is 18.9 Å². The van der Waals surface area contributed by atoms with Gasteiger partial charge in [-0.15, -0.1) is 0 Å². The number of halogens is 1. The second-order valence-electron chi connectivity index (χ2n) is 4.12. The largest absolute Gasteiger partial charge is 0.342 e. The molecule has 1 aliphatic heterocycles. The van der Waals surface area contributed by atoms with Gasteiger partial charge in [0.1, 0.15) is 5.82 Å². The normalized spacial score (nSPS) is 19.7. The number of fused-ring (bicyclic) bond motifs is 3. The van der Waals surface area contributed by atoms with Gasteiger partial charge < -0.3 is 10.3 Å². The number of hydrogen-bond donors (Lipinski definition) is 1. The fourth-order valence-electron chi connectivity index (χ4n) is 2.55. The Bertz CT molecular complexity index is 516. The van der Waals surface area contributed by atoms with Crippen LogP contribution in [0.25, 0.3) is 10.9 Å². The molecule has 0 radical (unpaired) electrons. The zero-order valence-electron chi connectivity index (χ0n) is 8.41. The van der Waals surface area contributed by atoms with E-state index in [4.69, 9.17) is 5.73 Å². The molecular formula is C12H13FN2. The van der Waals surface area contributed by atoms with Crippen molar-refractivity contribution in [3.63, 3.8) is 0 Å². The molecule has 0 amide bonds. The number of hydrogen-bond acceptors (Lipinski definition) is 1. The molecule has 1 atom stereocenters. The zero-order valence-corrected chi connectivity index (χ0v) is 8.41. The summed E-state index contributed by atoms with van der Waals surface area (Å²) >= 11 is 0. The number of aromatic nitrogens is 1. The van der Waals surface area contributed by atoms with E-state index >= 15 is 0 Å². The van der Waals surface area contributed by atoms with Crippen molar-refractivity contribution in [3.8, 4) is 0 Å². The van der Waals surface area contributed by atoms with Crippen LogP contribution < -0.4 is 5.73 Å². The van der Waals surface area contributed by atoms with Crippen LogP contribution in [0.5, 0.6) is 0 Å². The highest BCUT2D eigenvalue weighted by Gasteiger charge is 2.24. The minimum Gasteiger partial charge on any atom is -0.342 e. The third-order valence-electron chi connectivity index (χ3n) is 3.31. The summed E-state index contributed by atoms with van der Waals surface area (Å²) in [6.07, 6.45) is 1.04. The molecular weight excluding hydrogens is 191 g/mol. The summed E-state index contributed by atoms with van der Waals surface area (Å²) in [5.41, 5.74) is 7.63. The molecule has 2 heterocycles. The molecule has 15 heavy (non-hydrogen) atoms. The van der Waals surface area contributed by atoms with Gasteiger partial charge >= 0.3 is 0 Å². The Labute approximate surface area is 87.5 Å². The molecule has 1 unspecified atom stereocenters. The van der Waals surface area contributed by atoms with E-state index in [1.165, 1.54) is 11.8 Å². The van der Waals surface area contributed by atoms with Crippen molar-refractivity contribution in [3.05, 3.63) is 35.8 Å². The van der Waals surface area contributed by atoms with E-state index in [1.54, 1.807) is 6.07 Å². The number of nitrogens with zero attached hydrogens (tertiary/aromatic N) is 1. The molecule has 2 nitrogen and oxygen atoms in total. The Morgan fingerprint density at radius 2 is 2.33 bits per heavy atom. The lowest BCUT2D eigenvalue weighted by Crippen LogP contribution is -2.08. The number of rotatable bonds is 1. The van der Waals surface area contributed by atoms with Crippen LogP contribution in [0.2, 0.25) is 0 Å². The van der Waals surface area contributed by atoms with Crippen molar-refractivity contribution in [1.29, 1.82) is 0 Å². The van der Waals surface area contributed by atoms with Gasteiger partial charge in [-0.3, -0.25) is 0 Å². The van der Waals surface area contributed by atoms with Crippen LogP contribution in [-0.2, 0) is 6.54 Å². The second-order valence-corrected chi connectivity index (χ2v) is 4.12. The predicted octanol–water partition coefficient (Wildman–Crippen LogP) is 2.23. The van der Waals surface area contributed by atoms with Gasteiger partial charge in [0.2, 0.25) is 0 Å². The quantitative estimate of drug-likeness (QED) is 0.758. The summed E-state index contributed by atoms with van der Waals surface area (Å²) in [5.74, 6) is 0.272. The van der Waals surface area contributed by atoms with E-state index in [0.29, 0.717) is 12.5 Å². The predicted molar refractivity (Wildman–Crippen MR) is 58.3 cm³/mol. The van der Waals surface area contributed by atoms with Gasteiger partial charge in [-0.1, -0.05) is 12.1 Å². The molecule has 1 aromatic carbocycles. The Kier molecular flexibility index (Phi) is 1.83. The summed E-state index contributed by atoms with van der Waals surface area (Å²) in [6, 6.07) is 7.30. The Morgan fingerprint density at radius 1 is 1.47 bits per heavy atom. The molecule has 1 aliphatic rings. The molecule has 0 saturated carbocycles. The standard InChI is InChI=1S/C12H13FN2/c13-10-3-1-2-8-6-11-9(7-14)4-5-15(11)12(8)10/h1-3,6,9H,4-5,7,14H2. The van der Waals surface area contributed by atoms with Crippen LogP contribution >= 0.6 is 0 Å². The van der Waals surface area contributed by atoms with Crippen LogP contribution in [0.1, 0.15) is 18.0 Å². The summed E-state index contributed by atoms with van der Waals surface area (Å²) in [6.45, 7) is 1.54. The van der Waals surface area contributed by atoms with Crippen molar-refractivity contribution in [2.24, 2.45) is 5.73 Å². The fraction of sp³-hybridized carbons (Fsp3) is 0.333. The average Bonchev–Trinajstić information content (AvgIpc) is 2.75. The first-order chi connectivity index (χ1) is 7.31. The van der Waals surface area contributed by atoms with E-state index in [2.05, 4.69) is 10.6 Å². The van der Waals surface area contributed by atoms with Crippen molar-refractivity contribution in [1.82, 2.24) is 4.57 Å². The van der Waals surface area contributed by atoms with Crippen LogP contribution in [0, 0.1) is 5.82 Å². The molecule has 1 aromatic heterocycles. The van der Waals surface area contributed by atoms with Crippen LogP contribution in [0.4, 0.5) is 4.39 Å². The Balaban J connectivity index is 2.31. The number of nitrogens with two attached hydrogens (primary N) is 1. The second kappa shape index (κ2) is 3.07. The number of benzene rings is 1. The molecule has 2 N–H and O–H groups in total. The SMILES string of the molecule is NCC1CCn2c1cc1cccc(F)c12. The minimum absolute atomic E-state index is 0.128. The van der Waals surface area contributed by atoms with Gasteiger partial charge in [-0.05, 0) is 18.6 Å². The van der Waals surface area contributed by atoms with Crippen molar-refractivity contribution >= 4 is 10.9 Å². The lowest BCUT2D eigenvalue weighted by molar-refractivity contribution is 0.624. The Hall–Kier alpha value is -1.35. The van der Waals surface area contributed by atoms with E-state index in [0.717, 1.165) is 23.9 Å². The third kappa shape index (κ3) is 1.13. The Morgan fingerprint density at radius 3 is 3.13 bits per heavy atom. The summed E-state index contributed by atoms with van der Waals surface area (Å²) in [7, 11) is 0. The molecule has 2 aromatic rings. The van der Waals surface area contributed by atoms with Crippen LogP contribution in [0.15, 0.2) is 24.3 Å². The highest BCUT2D eigenvalue weighted by Crippen LogP contribution is 2.34. The first-order valence-corrected chi connectivity index (χ1v) is 5.29. The maximum Gasteiger partial charge on any atom is 0.147 e. The van der Waals surface area contributed by atoms with Gasteiger partial charge in [0.25, 0.3) is 0 Å². The van der Waals surface area contributed by atoms with Crippen LogP contribution in [-0.4, -0.2) is 11.1 Å². The molecule has 0 spiro atoms. The third-order valence-corrected chi connectivity index (χ3v) is 3.31. The highest BCUT2D eigenvalue weighted by molar-refractivity contribution is 5.82. The first-order valence-electron chi connectivity index (χ1n) is 5.29. The maximum atomic E-state index is 13.7. The van der Waals surface area contributed by atoms with E-state index in [9.17, 15) is 4.39 Å². The van der Waals surface area contributed by atoms with Gasteiger partial charge in [-0.25, -0.2) is 4.39 Å². The maximum absolute atomic E-state index is 13.7. The molecule has 3 heteroatoms. The topological polar surface area (TPSA) is 30.9 Å². The lowest BCUT2D eigenvalue weighted by atomic mass is 10.0. The molecule has 0 fully saturated rings. The fourth-order valence-corrected chi connectivity index (χ4v) is 2.55. The zero-order chi connectivity index (χ0) is 10.4. The number of aryl methyl sites for hydroxylation is 1. The average molecular weight is 204 g/mol. The van der Waals surface area contributed by atoms with E-state index < -0.39 is 0 Å². The van der Waals surface area contributed by atoms with Gasteiger partial charge in [0.05, 0.1) is 5.52 Å². The monoisotopic (exact) mass is 204 g/mol. The molecule has 0 aliphatic carbocycles. The summed E-state index contributed by atoms with van der Waals surface area (Å²) < 4.78 is 15.7. The lowest BCUT2D eigenvalue weighted by Gasteiger charge is -2.03. The molecule has 0 saturated heterocycles. The number of para-hydroxylation sites is 1. The summed E-state index contributed by atoms with van der Waals surface area (Å²) in [4.78, 5) is 0. The van der Waals surface area contributed by atoms with Gasteiger partial charge in [-0.2, -0.15) is 0 Å². The van der Waals surface area contributed by atoms with E-state index in [1.807, 2.05) is 6.07 Å². The molecule has 0 bridgehead atoms. The van der Waals surface area contributed by atoms with E-state index in [-0.39, 0.29) is 5.82 Å². The van der Waals surface area contributed by atoms with Gasteiger partial charge in [0, 0.05) is 30.1 Å². The van der Waals surface area contributed by atoms with Crippen LogP contribution in [0.3, 0.4) is 0 Å². The first kappa shape index (κ1) is 8.92.